The number of carbonyl (C=O) groups is 3. The molecule has 1 aliphatic rings. The van der Waals surface area contributed by atoms with Crippen molar-refractivity contribution in [1.82, 2.24) is 4.90 Å². The summed E-state index contributed by atoms with van der Waals surface area (Å²) in [5.74, 6) is -0.468. The maximum atomic E-state index is 12.2. The van der Waals surface area contributed by atoms with Crippen LogP contribution in [0.15, 0.2) is 24.3 Å². The molecule has 0 bridgehead atoms. The Morgan fingerprint density at radius 1 is 1.25 bits per heavy atom. The van der Waals surface area contributed by atoms with Crippen molar-refractivity contribution in [2.24, 2.45) is 5.92 Å². The van der Waals surface area contributed by atoms with Gasteiger partial charge in [0.1, 0.15) is 0 Å². The van der Waals surface area contributed by atoms with Gasteiger partial charge in [-0.3, -0.25) is 19.3 Å². The number of nitrogens with zero attached hydrogens (tertiary/aromatic N) is 1. The van der Waals surface area contributed by atoms with Gasteiger partial charge in [0.15, 0.2) is 5.78 Å². The molecule has 0 radical (unpaired) electrons. The third-order valence-electron chi connectivity index (χ3n) is 4.07. The molecule has 1 N–H and O–H groups in total. The lowest BCUT2D eigenvalue weighted by atomic mass is 9.98. The van der Waals surface area contributed by atoms with Gasteiger partial charge in [-0.05, 0) is 57.5 Å². The molecule has 1 fully saturated rings. The third-order valence-corrected chi connectivity index (χ3v) is 4.07. The molecule has 0 spiro atoms. The van der Waals surface area contributed by atoms with E-state index in [-0.39, 0.29) is 30.1 Å². The quantitative estimate of drug-likeness (QED) is 0.638. The molecule has 0 aliphatic carbocycles. The summed E-state index contributed by atoms with van der Waals surface area (Å²) in [5, 5.41) is 2.82. The Balaban J connectivity index is 1.85. The first-order valence-corrected chi connectivity index (χ1v) is 8.29. The number of ketones is 1. The van der Waals surface area contributed by atoms with Gasteiger partial charge in [-0.25, -0.2) is 0 Å². The second kappa shape index (κ2) is 8.59. The molecule has 1 heterocycles. The zero-order valence-corrected chi connectivity index (χ0v) is 14.2. The van der Waals surface area contributed by atoms with Crippen LogP contribution in [0.3, 0.4) is 0 Å². The zero-order valence-electron chi connectivity index (χ0n) is 14.2. The summed E-state index contributed by atoms with van der Waals surface area (Å²) in [6, 6.07) is 6.81. The maximum absolute atomic E-state index is 12.2. The lowest BCUT2D eigenvalue weighted by Gasteiger charge is -2.30. The molecule has 1 aromatic rings. The number of carbonyl (C=O) groups excluding carboxylic acids is 3. The molecule has 6 nitrogen and oxygen atoms in total. The molecule has 6 heteroatoms. The van der Waals surface area contributed by atoms with Crippen molar-refractivity contribution in [3.8, 4) is 0 Å². The highest BCUT2D eigenvalue weighted by atomic mass is 16.5. The monoisotopic (exact) mass is 332 g/mol. The van der Waals surface area contributed by atoms with Crippen LogP contribution in [0.1, 0.15) is 37.0 Å². The number of ether oxygens (including phenoxy) is 1. The topological polar surface area (TPSA) is 75.7 Å². The first-order valence-electron chi connectivity index (χ1n) is 8.29. The van der Waals surface area contributed by atoms with E-state index in [1.54, 1.807) is 31.2 Å². The number of hydrogen-bond donors (Lipinski definition) is 1. The second-order valence-electron chi connectivity index (χ2n) is 6.01. The van der Waals surface area contributed by atoms with E-state index in [4.69, 9.17) is 4.74 Å². The number of Topliss-reactive ketones (excluding diaryl/α,β-unsaturated/α-hetero) is 1. The number of amides is 1. The van der Waals surface area contributed by atoms with Gasteiger partial charge in [-0.15, -0.1) is 0 Å². The van der Waals surface area contributed by atoms with E-state index < -0.39 is 0 Å². The van der Waals surface area contributed by atoms with Crippen LogP contribution in [0.5, 0.6) is 0 Å². The van der Waals surface area contributed by atoms with E-state index in [9.17, 15) is 14.4 Å². The molecule has 2 rings (SSSR count). The number of nitrogens with one attached hydrogen (secondary N) is 1. The Bertz CT molecular complexity index is 598. The van der Waals surface area contributed by atoms with Crippen LogP contribution in [0.25, 0.3) is 0 Å². The van der Waals surface area contributed by atoms with Gasteiger partial charge >= 0.3 is 5.97 Å². The van der Waals surface area contributed by atoms with Crippen LogP contribution in [0.2, 0.25) is 0 Å². The minimum absolute atomic E-state index is 0.00815. The van der Waals surface area contributed by atoms with Crippen molar-refractivity contribution in [2.75, 3.05) is 31.6 Å². The van der Waals surface area contributed by atoms with Crippen LogP contribution in [-0.4, -0.2) is 48.8 Å². The number of likely N-dealkylation sites (tertiary alicyclic amines) is 1. The van der Waals surface area contributed by atoms with E-state index in [0.29, 0.717) is 24.4 Å². The zero-order chi connectivity index (χ0) is 17.5. The Morgan fingerprint density at radius 2 is 1.96 bits per heavy atom. The minimum atomic E-state index is -0.178. The predicted molar refractivity (Wildman–Crippen MR) is 90.9 cm³/mol. The summed E-state index contributed by atoms with van der Waals surface area (Å²) in [7, 11) is 0. The first kappa shape index (κ1) is 18.1. The molecule has 24 heavy (non-hydrogen) atoms. The maximum Gasteiger partial charge on any atom is 0.310 e. The number of benzene rings is 1. The van der Waals surface area contributed by atoms with Gasteiger partial charge in [0.05, 0.1) is 19.1 Å². The van der Waals surface area contributed by atoms with Crippen molar-refractivity contribution < 1.29 is 19.1 Å². The molecule has 1 unspecified atom stereocenters. The molecule has 1 aromatic carbocycles. The fraction of sp³-hybridized carbons (Fsp3) is 0.500. The normalized spacial score (nSPS) is 18.0. The van der Waals surface area contributed by atoms with E-state index in [0.717, 1.165) is 19.4 Å². The summed E-state index contributed by atoms with van der Waals surface area (Å²) in [6.07, 6.45) is 1.69. The van der Waals surface area contributed by atoms with Crippen LogP contribution >= 0.6 is 0 Å². The Kier molecular flexibility index (Phi) is 6.49. The lowest BCUT2D eigenvalue weighted by molar-refractivity contribution is -0.150. The van der Waals surface area contributed by atoms with E-state index in [1.165, 1.54) is 6.92 Å². The fourth-order valence-electron chi connectivity index (χ4n) is 2.84. The summed E-state index contributed by atoms with van der Waals surface area (Å²) in [6.45, 7) is 5.27. The number of hydrogen-bond acceptors (Lipinski definition) is 5. The molecule has 1 atom stereocenters. The minimum Gasteiger partial charge on any atom is -0.466 e. The molecule has 1 aliphatic heterocycles. The number of esters is 1. The summed E-state index contributed by atoms with van der Waals surface area (Å²) in [4.78, 5) is 37.2. The van der Waals surface area contributed by atoms with Crippen LogP contribution in [-0.2, 0) is 14.3 Å². The van der Waals surface area contributed by atoms with Crippen LogP contribution in [0.4, 0.5) is 5.69 Å². The van der Waals surface area contributed by atoms with Gasteiger partial charge in [0, 0.05) is 17.8 Å². The van der Waals surface area contributed by atoms with Crippen molar-refractivity contribution in [2.45, 2.75) is 26.7 Å². The fourth-order valence-corrected chi connectivity index (χ4v) is 2.84. The SMILES string of the molecule is CCOC(=O)C1CCCN(CC(=O)Nc2ccc(C(C)=O)cc2)C1. The van der Waals surface area contributed by atoms with E-state index in [1.807, 2.05) is 4.90 Å². The van der Waals surface area contributed by atoms with Crippen molar-refractivity contribution in [1.29, 1.82) is 0 Å². The Labute approximate surface area is 142 Å². The molecular weight excluding hydrogens is 308 g/mol. The summed E-state index contributed by atoms with van der Waals surface area (Å²) < 4.78 is 5.07. The predicted octanol–water partition coefficient (Wildman–Crippen LogP) is 2.10. The average molecular weight is 332 g/mol. The third kappa shape index (κ3) is 5.16. The van der Waals surface area contributed by atoms with E-state index in [2.05, 4.69) is 5.32 Å². The standard InChI is InChI=1S/C18H24N2O4/c1-3-24-18(23)15-5-4-10-20(11-15)12-17(22)19-16-8-6-14(7-9-16)13(2)21/h6-9,15H,3-5,10-12H2,1-2H3,(H,19,22). The first-order chi connectivity index (χ1) is 11.5. The van der Waals surface area contributed by atoms with Crippen molar-refractivity contribution in [3.05, 3.63) is 29.8 Å². The molecular formula is C18H24N2O4. The smallest absolute Gasteiger partial charge is 0.310 e. The highest BCUT2D eigenvalue weighted by Crippen LogP contribution is 2.18. The molecule has 1 amide bonds. The lowest BCUT2D eigenvalue weighted by Crippen LogP contribution is -2.43. The largest absolute Gasteiger partial charge is 0.466 e. The highest BCUT2D eigenvalue weighted by molar-refractivity contribution is 5.96. The van der Waals surface area contributed by atoms with Crippen LogP contribution in [0, 0.1) is 5.92 Å². The number of rotatable bonds is 6. The van der Waals surface area contributed by atoms with Gasteiger partial charge in [0.2, 0.25) is 5.91 Å². The second-order valence-corrected chi connectivity index (χ2v) is 6.01. The molecule has 0 saturated carbocycles. The highest BCUT2D eigenvalue weighted by Gasteiger charge is 2.27. The average Bonchev–Trinajstić information content (AvgIpc) is 2.55. The van der Waals surface area contributed by atoms with E-state index >= 15 is 0 Å². The molecule has 1 saturated heterocycles. The van der Waals surface area contributed by atoms with Gasteiger partial charge in [-0.2, -0.15) is 0 Å². The molecule has 0 aromatic heterocycles. The van der Waals surface area contributed by atoms with Crippen molar-refractivity contribution >= 4 is 23.3 Å². The Morgan fingerprint density at radius 3 is 2.58 bits per heavy atom. The Hall–Kier alpha value is -2.21. The van der Waals surface area contributed by atoms with Gasteiger partial charge < -0.3 is 10.1 Å². The van der Waals surface area contributed by atoms with Gasteiger partial charge in [0.25, 0.3) is 0 Å². The van der Waals surface area contributed by atoms with Crippen LogP contribution < -0.4 is 5.32 Å². The van der Waals surface area contributed by atoms with Crippen molar-refractivity contribution in [3.63, 3.8) is 0 Å². The summed E-state index contributed by atoms with van der Waals surface area (Å²) in [5.41, 5.74) is 1.27. The van der Waals surface area contributed by atoms with Gasteiger partial charge in [-0.1, -0.05) is 0 Å². The number of piperidine rings is 1. The molecule has 130 valence electrons. The number of anilines is 1. The summed E-state index contributed by atoms with van der Waals surface area (Å²) >= 11 is 0.